The summed E-state index contributed by atoms with van der Waals surface area (Å²) in [5.74, 6) is 1.22. The summed E-state index contributed by atoms with van der Waals surface area (Å²) >= 11 is 0. The van der Waals surface area contributed by atoms with Crippen LogP contribution in [-0.2, 0) is 11.2 Å². The van der Waals surface area contributed by atoms with Gasteiger partial charge in [0.05, 0.1) is 0 Å². The Morgan fingerprint density at radius 2 is 1.65 bits per heavy atom. The van der Waals surface area contributed by atoms with Crippen LogP contribution in [-0.4, -0.2) is 23.6 Å². The van der Waals surface area contributed by atoms with Crippen LogP contribution in [0.25, 0.3) is 0 Å². The highest BCUT2D eigenvalue weighted by Crippen LogP contribution is 2.34. The molecule has 114 valence electrons. The standard InChI is InChI=1S/C16H29N3O/c1-10(9-17)8-13-11(2)18-15(19-12(13)3)14(20-7)16(4,5)6/h10,14H,8-9,17H2,1-7H3. The SMILES string of the molecule is COC(c1nc(C)c(CC(C)CN)c(C)n1)C(C)(C)C. The second-order valence-electron chi connectivity index (χ2n) is 6.76. The number of rotatable bonds is 5. The lowest BCUT2D eigenvalue weighted by Crippen LogP contribution is -2.24. The number of hydrogen-bond acceptors (Lipinski definition) is 4. The van der Waals surface area contributed by atoms with Gasteiger partial charge in [0.1, 0.15) is 6.10 Å². The molecule has 4 heteroatoms. The van der Waals surface area contributed by atoms with E-state index in [0.29, 0.717) is 12.5 Å². The molecule has 0 aliphatic carbocycles. The number of nitrogens with zero attached hydrogens (tertiary/aromatic N) is 2. The van der Waals surface area contributed by atoms with Crippen molar-refractivity contribution in [3.8, 4) is 0 Å². The molecule has 0 aliphatic rings. The summed E-state index contributed by atoms with van der Waals surface area (Å²) in [6, 6.07) is 0. The van der Waals surface area contributed by atoms with E-state index in [0.717, 1.165) is 23.6 Å². The molecule has 1 aromatic rings. The first-order valence-electron chi connectivity index (χ1n) is 7.27. The zero-order valence-electron chi connectivity index (χ0n) is 13.9. The predicted octanol–water partition coefficient (Wildman–Crippen LogP) is 2.96. The van der Waals surface area contributed by atoms with Crippen molar-refractivity contribution < 1.29 is 4.74 Å². The van der Waals surface area contributed by atoms with Crippen LogP contribution in [0.3, 0.4) is 0 Å². The van der Waals surface area contributed by atoms with Crippen molar-refractivity contribution in [1.82, 2.24) is 9.97 Å². The summed E-state index contributed by atoms with van der Waals surface area (Å²) in [7, 11) is 1.72. The quantitative estimate of drug-likeness (QED) is 0.900. The molecule has 2 atom stereocenters. The van der Waals surface area contributed by atoms with Gasteiger partial charge in [0.25, 0.3) is 0 Å². The van der Waals surface area contributed by atoms with E-state index in [-0.39, 0.29) is 11.5 Å². The Kier molecular flexibility index (Phi) is 5.66. The van der Waals surface area contributed by atoms with Gasteiger partial charge in [0.15, 0.2) is 5.82 Å². The third-order valence-corrected chi connectivity index (χ3v) is 3.65. The number of aryl methyl sites for hydroxylation is 2. The highest BCUT2D eigenvalue weighted by Gasteiger charge is 2.29. The minimum Gasteiger partial charge on any atom is -0.373 e. The fourth-order valence-corrected chi connectivity index (χ4v) is 2.46. The van der Waals surface area contributed by atoms with E-state index >= 15 is 0 Å². The highest BCUT2D eigenvalue weighted by molar-refractivity contribution is 5.25. The van der Waals surface area contributed by atoms with E-state index in [1.807, 2.05) is 13.8 Å². The van der Waals surface area contributed by atoms with Crippen molar-refractivity contribution >= 4 is 0 Å². The Labute approximate surface area is 123 Å². The molecule has 1 aromatic heterocycles. The van der Waals surface area contributed by atoms with Gasteiger partial charge in [0.2, 0.25) is 0 Å². The van der Waals surface area contributed by atoms with Crippen molar-refractivity contribution in [2.75, 3.05) is 13.7 Å². The first kappa shape index (κ1) is 17.1. The van der Waals surface area contributed by atoms with Gasteiger partial charge in [-0.25, -0.2) is 9.97 Å². The summed E-state index contributed by atoms with van der Waals surface area (Å²) in [6.07, 6.45) is 0.836. The van der Waals surface area contributed by atoms with E-state index in [1.165, 1.54) is 5.56 Å². The lowest BCUT2D eigenvalue weighted by molar-refractivity contribution is 0.00839. The van der Waals surface area contributed by atoms with Gasteiger partial charge < -0.3 is 10.5 Å². The van der Waals surface area contributed by atoms with Crippen LogP contribution in [0.1, 0.15) is 56.6 Å². The molecule has 0 amide bonds. The third kappa shape index (κ3) is 4.00. The van der Waals surface area contributed by atoms with Gasteiger partial charge in [-0.15, -0.1) is 0 Å². The maximum atomic E-state index is 5.72. The molecule has 4 nitrogen and oxygen atoms in total. The van der Waals surface area contributed by atoms with Crippen LogP contribution in [0.15, 0.2) is 0 Å². The third-order valence-electron chi connectivity index (χ3n) is 3.65. The Hall–Kier alpha value is -1.00. The molecule has 0 radical (unpaired) electrons. The van der Waals surface area contributed by atoms with Crippen molar-refractivity contribution in [1.29, 1.82) is 0 Å². The van der Waals surface area contributed by atoms with Crippen LogP contribution in [0.2, 0.25) is 0 Å². The number of aromatic nitrogens is 2. The second-order valence-corrected chi connectivity index (χ2v) is 6.76. The minimum atomic E-state index is -0.0964. The van der Waals surface area contributed by atoms with Crippen LogP contribution in [0, 0.1) is 25.2 Å². The van der Waals surface area contributed by atoms with Crippen molar-refractivity contribution in [3.63, 3.8) is 0 Å². The van der Waals surface area contributed by atoms with Crippen LogP contribution >= 0.6 is 0 Å². The van der Waals surface area contributed by atoms with Gasteiger partial charge in [-0.05, 0) is 43.7 Å². The normalized spacial score (nSPS) is 15.2. The smallest absolute Gasteiger partial charge is 0.158 e. The largest absolute Gasteiger partial charge is 0.373 e. The van der Waals surface area contributed by atoms with Crippen molar-refractivity contribution in [3.05, 3.63) is 22.8 Å². The summed E-state index contributed by atoms with van der Waals surface area (Å²) < 4.78 is 5.61. The van der Waals surface area contributed by atoms with Gasteiger partial charge in [0, 0.05) is 18.5 Å². The van der Waals surface area contributed by atoms with Gasteiger partial charge in [-0.3, -0.25) is 0 Å². The topological polar surface area (TPSA) is 61.0 Å². The number of nitrogens with two attached hydrogens (primary N) is 1. The molecule has 0 bridgehead atoms. The van der Waals surface area contributed by atoms with Gasteiger partial charge in [-0.2, -0.15) is 0 Å². The first-order valence-corrected chi connectivity index (χ1v) is 7.27. The first-order chi connectivity index (χ1) is 9.20. The van der Waals surface area contributed by atoms with E-state index < -0.39 is 0 Å². The van der Waals surface area contributed by atoms with E-state index in [9.17, 15) is 0 Å². The molecule has 2 unspecified atom stereocenters. The number of ether oxygens (including phenoxy) is 1. The minimum absolute atomic E-state index is 0.0281. The zero-order chi connectivity index (χ0) is 15.5. The molecule has 0 aromatic carbocycles. The Morgan fingerprint density at radius 3 is 2.00 bits per heavy atom. The molecule has 2 N–H and O–H groups in total. The average Bonchev–Trinajstić information content (AvgIpc) is 2.32. The molecular formula is C16H29N3O. The second kappa shape index (κ2) is 6.64. The fraction of sp³-hybridized carbons (Fsp3) is 0.750. The average molecular weight is 279 g/mol. The Morgan fingerprint density at radius 1 is 1.15 bits per heavy atom. The summed E-state index contributed by atoms with van der Waals surface area (Å²) in [5, 5.41) is 0. The maximum Gasteiger partial charge on any atom is 0.158 e. The molecule has 20 heavy (non-hydrogen) atoms. The lowest BCUT2D eigenvalue weighted by Gasteiger charge is -2.28. The van der Waals surface area contributed by atoms with Gasteiger partial charge in [-0.1, -0.05) is 27.7 Å². The molecule has 1 rings (SSSR count). The van der Waals surface area contributed by atoms with E-state index in [4.69, 9.17) is 10.5 Å². The van der Waals surface area contributed by atoms with Crippen LogP contribution in [0.4, 0.5) is 0 Å². The number of hydrogen-bond donors (Lipinski definition) is 1. The summed E-state index contributed by atoms with van der Waals surface area (Å²) in [6.45, 7) is 13.3. The van der Waals surface area contributed by atoms with Crippen LogP contribution in [0.5, 0.6) is 0 Å². The molecule has 0 fully saturated rings. The zero-order valence-corrected chi connectivity index (χ0v) is 13.9. The molecule has 0 aliphatic heterocycles. The lowest BCUT2D eigenvalue weighted by atomic mass is 9.88. The molecule has 0 saturated carbocycles. The Bertz CT molecular complexity index is 429. The Balaban J connectivity index is 3.16. The molecule has 0 spiro atoms. The van der Waals surface area contributed by atoms with Crippen molar-refractivity contribution in [2.45, 2.75) is 54.1 Å². The highest BCUT2D eigenvalue weighted by atomic mass is 16.5. The molecule has 1 heterocycles. The predicted molar refractivity (Wildman–Crippen MR) is 82.6 cm³/mol. The van der Waals surface area contributed by atoms with Gasteiger partial charge >= 0.3 is 0 Å². The number of methoxy groups -OCH3 is 1. The summed E-state index contributed by atoms with van der Waals surface area (Å²) in [5.41, 5.74) is 8.99. The molecule has 0 saturated heterocycles. The maximum absolute atomic E-state index is 5.72. The van der Waals surface area contributed by atoms with E-state index in [1.54, 1.807) is 7.11 Å². The monoisotopic (exact) mass is 279 g/mol. The summed E-state index contributed by atoms with van der Waals surface area (Å²) in [4.78, 5) is 9.36. The molecular weight excluding hydrogens is 250 g/mol. The van der Waals surface area contributed by atoms with E-state index in [2.05, 4.69) is 37.7 Å². The van der Waals surface area contributed by atoms with Crippen LogP contribution < -0.4 is 5.73 Å². The fourth-order valence-electron chi connectivity index (χ4n) is 2.46. The van der Waals surface area contributed by atoms with Crippen molar-refractivity contribution in [2.24, 2.45) is 17.1 Å².